The van der Waals surface area contributed by atoms with Crippen LogP contribution in [0.2, 0.25) is 10.0 Å². The van der Waals surface area contributed by atoms with Crippen molar-refractivity contribution in [2.24, 2.45) is 0 Å². The van der Waals surface area contributed by atoms with Gasteiger partial charge in [0.15, 0.2) is 0 Å². The molecule has 0 saturated carbocycles. The monoisotopic (exact) mass is 540 g/mol. The van der Waals surface area contributed by atoms with Gasteiger partial charge in [-0.1, -0.05) is 35.3 Å². The number of nitrogens with one attached hydrogen (secondary N) is 1. The summed E-state index contributed by atoms with van der Waals surface area (Å²) in [5.41, 5.74) is 1.21. The van der Waals surface area contributed by atoms with Gasteiger partial charge >= 0.3 is 0 Å². The quantitative estimate of drug-likeness (QED) is 0.536. The Balaban J connectivity index is 0.000000907. The molecule has 192 valence electrons. The lowest BCUT2D eigenvalue weighted by Crippen LogP contribution is -2.47. The molecule has 3 heterocycles. The van der Waals surface area contributed by atoms with Crippen LogP contribution in [0.4, 0.5) is 17.5 Å². The van der Waals surface area contributed by atoms with Gasteiger partial charge < -0.3 is 19.8 Å². The molecule has 2 aliphatic rings. The molecule has 5 rings (SSSR count). The van der Waals surface area contributed by atoms with E-state index in [1.54, 1.807) is 35.2 Å². The standard InChI is InChI=1S/C24H22Cl2N6O.2CH2O/c1-24(13-16-2-4-17(14-27)5-3-16)22(33)31(20-11-18(25)10-19(26)12-20)23-29-15-21(32(23)24)30-8-6-28-7-9-30;2*1-2/h2-5,10-12,15,28H,6-9,13H2,1H3;2*1H2/t24-;;/m1../s1. The van der Waals surface area contributed by atoms with Gasteiger partial charge in [0.1, 0.15) is 24.9 Å². The van der Waals surface area contributed by atoms with E-state index in [9.17, 15) is 4.79 Å². The van der Waals surface area contributed by atoms with Gasteiger partial charge in [-0.25, -0.2) is 9.88 Å². The lowest BCUT2D eigenvalue weighted by molar-refractivity contribution is -0.123. The summed E-state index contributed by atoms with van der Waals surface area (Å²) in [6.45, 7) is 9.34. The number of fused-ring (bicyclic) bond motifs is 1. The molecular weight excluding hydrogens is 515 g/mol. The van der Waals surface area contributed by atoms with Crippen LogP contribution in [-0.4, -0.2) is 55.2 Å². The van der Waals surface area contributed by atoms with Crippen LogP contribution in [-0.2, 0) is 26.3 Å². The second-order valence-corrected chi connectivity index (χ2v) is 9.39. The van der Waals surface area contributed by atoms with Crippen LogP contribution in [0.5, 0.6) is 0 Å². The first-order chi connectivity index (χ1) is 17.9. The van der Waals surface area contributed by atoms with E-state index in [0.717, 1.165) is 37.6 Å². The smallest absolute Gasteiger partial charge is 0.260 e. The summed E-state index contributed by atoms with van der Waals surface area (Å²) in [6, 6.07) is 14.6. The molecule has 9 nitrogen and oxygen atoms in total. The Hall–Kier alpha value is -3.71. The average molecular weight is 541 g/mol. The van der Waals surface area contributed by atoms with Crippen molar-refractivity contribution in [1.82, 2.24) is 14.9 Å². The highest BCUT2D eigenvalue weighted by atomic mass is 35.5. The molecule has 37 heavy (non-hydrogen) atoms. The number of carbonyl (C=O) groups is 3. The van der Waals surface area contributed by atoms with Gasteiger partial charge in [-0.3, -0.25) is 9.36 Å². The Kier molecular flexibility index (Phi) is 9.05. The van der Waals surface area contributed by atoms with Gasteiger partial charge in [-0.15, -0.1) is 0 Å². The fourth-order valence-corrected chi connectivity index (χ4v) is 5.17. The second kappa shape index (κ2) is 12.0. The minimum Gasteiger partial charge on any atom is -0.354 e. The first-order valence-corrected chi connectivity index (χ1v) is 12.1. The first kappa shape index (κ1) is 27.9. The zero-order chi connectivity index (χ0) is 27.2. The Labute approximate surface area is 225 Å². The van der Waals surface area contributed by atoms with Crippen molar-refractivity contribution in [3.63, 3.8) is 0 Å². The van der Waals surface area contributed by atoms with Gasteiger partial charge in [0.2, 0.25) is 5.95 Å². The summed E-state index contributed by atoms with van der Waals surface area (Å²) in [5, 5.41) is 13.4. The number of nitrogens with zero attached hydrogens (tertiary/aromatic N) is 5. The van der Waals surface area contributed by atoms with E-state index in [4.69, 9.17) is 38.1 Å². The van der Waals surface area contributed by atoms with Crippen molar-refractivity contribution >= 4 is 60.1 Å². The zero-order valence-corrected chi connectivity index (χ0v) is 21.8. The largest absolute Gasteiger partial charge is 0.354 e. The van der Waals surface area contributed by atoms with Crippen molar-refractivity contribution in [3.8, 4) is 6.07 Å². The van der Waals surface area contributed by atoms with E-state index in [2.05, 4.69) is 21.3 Å². The molecule has 0 spiro atoms. The van der Waals surface area contributed by atoms with Gasteiger partial charge in [0.05, 0.1) is 23.5 Å². The number of nitriles is 1. The Morgan fingerprint density at radius 2 is 1.65 bits per heavy atom. The number of piperazine rings is 1. The van der Waals surface area contributed by atoms with E-state index >= 15 is 0 Å². The van der Waals surface area contributed by atoms with Crippen LogP contribution in [0.15, 0.2) is 48.7 Å². The summed E-state index contributed by atoms with van der Waals surface area (Å²) in [7, 11) is 0. The summed E-state index contributed by atoms with van der Waals surface area (Å²) in [6.07, 6.45) is 2.29. The van der Waals surface area contributed by atoms with E-state index < -0.39 is 5.54 Å². The van der Waals surface area contributed by atoms with Crippen molar-refractivity contribution in [2.75, 3.05) is 36.0 Å². The number of rotatable bonds is 4. The molecule has 0 aliphatic carbocycles. The fraction of sp³-hybridized carbons (Fsp3) is 0.269. The molecule has 0 unspecified atom stereocenters. The van der Waals surface area contributed by atoms with Crippen LogP contribution in [0.25, 0.3) is 0 Å². The Bertz CT molecular complexity index is 1280. The Morgan fingerprint density at radius 3 is 2.22 bits per heavy atom. The number of benzene rings is 2. The maximum atomic E-state index is 14.0. The summed E-state index contributed by atoms with van der Waals surface area (Å²) >= 11 is 12.5. The van der Waals surface area contributed by atoms with Gasteiger partial charge in [0.25, 0.3) is 5.91 Å². The third-order valence-corrected chi connectivity index (χ3v) is 6.70. The topological polar surface area (TPSA) is 111 Å². The highest BCUT2D eigenvalue weighted by molar-refractivity contribution is 6.35. The maximum Gasteiger partial charge on any atom is 0.260 e. The molecule has 3 aromatic rings. The van der Waals surface area contributed by atoms with Gasteiger partial charge in [-0.05, 0) is 42.8 Å². The third kappa shape index (κ3) is 5.37. The second-order valence-electron chi connectivity index (χ2n) is 8.52. The molecule has 1 aromatic heterocycles. The number of hydrogen-bond donors (Lipinski definition) is 1. The molecule has 11 heteroatoms. The number of carbonyl (C=O) groups excluding carboxylic acids is 3. The number of halogens is 2. The normalized spacial score (nSPS) is 18.2. The summed E-state index contributed by atoms with van der Waals surface area (Å²) in [4.78, 5) is 38.6. The number of aromatic nitrogens is 2. The number of amides is 1. The number of hydrogen-bond acceptors (Lipinski definition) is 7. The molecule has 1 saturated heterocycles. The first-order valence-electron chi connectivity index (χ1n) is 11.3. The highest BCUT2D eigenvalue weighted by Crippen LogP contribution is 2.45. The van der Waals surface area contributed by atoms with E-state index in [-0.39, 0.29) is 5.91 Å². The van der Waals surface area contributed by atoms with Crippen LogP contribution in [0, 0.1) is 11.3 Å². The molecule has 1 amide bonds. The predicted molar refractivity (Wildman–Crippen MR) is 144 cm³/mol. The van der Waals surface area contributed by atoms with Crippen LogP contribution in [0.1, 0.15) is 18.1 Å². The van der Waals surface area contributed by atoms with Gasteiger partial charge in [-0.2, -0.15) is 5.26 Å². The lowest BCUT2D eigenvalue weighted by atomic mass is 9.91. The maximum absolute atomic E-state index is 14.0. The van der Waals surface area contributed by atoms with Crippen molar-refractivity contribution in [3.05, 3.63) is 69.8 Å². The minimum atomic E-state index is -0.922. The average Bonchev–Trinajstić information content (AvgIpc) is 3.44. The SMILES string of the molecule is C=O.C=O.C[C@@]1(Cc2ccc(C#N)cc2)C(=O)N(c2cc(Cl)cc(Cl)c2)c2ncc(N3CCNCC3)n21. The van der Waals surface area contributed by atoms with Crippen molar-refractivity contribution < 1.29 is 14.4 Å². The molecular formula is C26H26Cl2N6O3. The molecule has 1 atom stereocenters. The van der Waals surface area contributed by atoms with E-state index in [1.807, 2.05) is 43.4 Å². The molecule has 1 N–H and O–H groups in total. The van der Waals surface area contributed by atoms with E-state index in [0.29, 0.717) is 33.7 Å². The molecule has 0 radical (unpaired) electrons. The summed E-state index contributed by atoms with van der Waals surface area (Å²) < 4.78 is 2.04. The number of imidazole rings is 1. The summed E-state index contributed by atoms with van der Waals surface area (Å²) in [5.74, 6) is 1.35. The minimum absolute atomic E-state index is 0.107. The van der Waals surface area contributed by atoms with E-state index in [1.165, 1.54) is 0 Å². The van der Waals surface area contributed by atoms with Crippen LogP contribution >= 0.6 is 23.2 Å². The third-order valence-electron chi connectivity index (χ3n) is 6.26. The predicted octanol–water partition coefficient (Wildman–Crippen LogP) is 3.74. The van der Waals surface area contributed by atoms with Crippen LogP contribution < -0.4 is 15.1 Å². The Morgan fingerprint density at radius 1 is 1.05 bits per heavy atom. The highest BCUT2D eigenvalue weighted by Gasteiger charge is 2.51. The fourth-order valence-electron chi connectivity index (χ4n) is 4.66. The molecule has 0 bridgehead atoms. The molecule has 1 fully saturated rings. The zero-order valence-electron chi connectivity index (χ0n) is 20.3. The van der Waals surface area contributed by atoms with Crippen molar-refractivity contribution in [2.45, 2.75) is 18.9 Å². The lowest BCUT2D eigenvalue weighted by Gasteiger charge is -2.33. The van der Waals surface area contributed by atoms with Gasteiger partial charge in [0, 0.05) is 42.6 Å². The van der Waals surface area contributed by atoms with Crippen LogP contribution in [0.3, 0.4) is 0 Å². The van der Waals surface area contributed by atoms with Crippen molar-refractivity contribution in [1.29, 1.82) is 5.26 Å². The molecule has 2 aromatic carbocycles. The molecule has 2 aliphatic heterocycles. The number of anilines is 3.